The summed E-state index contributed by atoms with van der Waals surface area (Å²) in [5, 5.41) is 8.55. The summed E-state index contributed by atoms with van der Waals surface area (Å²) in [6.45, 7) is 1.65. The number of benzene rings is 2. The van der Waals surface area contributed by atoms with Crippen LogP contribution in [0.25, 0.3) is 0 Å². The smallest absolute Gasteiger partial charge is 0.319 e. The molecule has 2 aliphatic rings. The van der Waals surface area contributed by atoms with Crippen molar-refractivity contribution < 1.29 is 19.1 Å². The molecule has 0 saturated heterocycles. The first-order valence-electron chi connectivity index (χ1n) is 11.0. The first-order chi connectivity index (χ1) is 15.4. The van der Waals surface area contributed by atoms with Crippen LogP contribution < -0.4 is 25.4 Å². The molecule has 0 atom stereocenters. The van der Waals surface area contributed by atoms with E-state index in [1.54, 1.807) is 24.3 Å². The van der Waals surface area contributed by atoms with Crippen molar-refractivity contribution in [2.75, 3.05) is 32.5 Å². The van der Waals surface area contributed by atoms with Crippen molar-refractivity contribution in [2.24, 2.45) is 0 Å². The van der Waals surface area contributed by atoms with Crippen molar-refractivity contribution in [1.82, 2.24) is 15.5 Å². The van der Waals surface area contributed by atoms with Crippen LogP contribution in [0.15, 0.2) is 42.5 Å². The van der Waals surface area contributed by atoms with Crippen LogP contribution in [-0.2, 0) is 6.54 Å². The van der Waals surface area contributed by atoms with Crippen molar-refractivity contribution in [1.29, 1.82) is 0 Å². The van der Waals surface area contributed by atoms with Crippen molar-refractivity contribution in [3.63, 3.8) is 0 Å². The number of nitrogens with zero attached hydrogens (tertiary/aromatic N) is 1. The summed E-state index contributed by atoms with van der Waals surface area (Å²) in [4.78, 5) is 26.7. The first kappa shape index (κ1) is 22.0. The minimum Gasteiger partial charge on any atom is -0.448 e. The quantitative estimate of drug-likeness (QED) is 0.617. The van der Waals surface area contributed by atoms with E-state index in [-0.39, 0.29) is 11.9 Å². The van der Waals surface area contributed by atoms with Crippen LogP contribution in [0.3, 0.4) is 0 Å². The highest BCUT2D eigenvalue weighted by molar-refractivity contribution is 5.94. The maximum atomic E-state index is 12.4. The van der Waals surface area contributed by atoms with Gasteiger partial charge in [0.2, 0.25) is 0 Å². The lowest BCUT2D eigenvalue weighted by atomic mass is 10.1. The average molecular weight is 439 g/mol. The molecule has 2 aromatic carbocycles. The molecule has 170 valence electrons. The Kier molecular flexibility index (Phi) is 6.50. The molecule has 0 unspecified atom stereocenters. The van der Waals surface area contributed by atoms with Gasteiger partial charge in [-0.05, 0) is 56.8 Å². The summed E-state index contributed by atoms with van der Waals surface area (Å²) in [6.07, 6.45) is 3.97. The fourth-order valence-corrected chi connectivity index (χ4v) is 3.96. The molecule has 0 bridgehead atoms. The zero-order chi connectivity index (χ0) is 22.6. The lowest BCUT2D eigenvalue weighted by molar-refractivity contribution is -0.0716. The predicted octanol–water partition coefficient (Wildman–Crippen LogP) is 3.34. The number of likely N-dealkylation sites (N-methyl/N-ethyl adjacent to an activating group) is 1. The Balaban J connectivity index is 1.28. The Hall–Kier alpha value is -3.26. The van der Waals surface area contributed by atoms with Gasteiger partial charge in [-0.1, -0.05) is 12.1 Å². The third kappa shape index (κ3) is 5.31. The highest BCUT2D eigenvalue weighted by Crippen LogP contribution is 2.47. The number of rotatable bonds is 7. The Labute approximate surface area is 188 Å². The lowest BCUT2D eigenvalue weighted by Gasteiger charge is -2.21. The van der Waals surface area contributed by atoms with Gasteiger partial charge in [-0.3, -0.25) is 4.79 Å². The molecule has 1 saturated carbocycles. The highest BCUT2D eigenvalue weighted by Gasteiger charge is 2.44. The van der Waals surface area contributed by atoms with Gasteiger partial charge in [0.05, 0.1) is 0 Å². The normalized spacial score (nSPS) is 15.7. The van der Waals surface area contributed by atoms with Gasteiger partial charge in [0.25, 0.3) is 11.7 Å². The first-order valence-corrected chi connectivity index (χ1v) is 11.0. The second-order valence-electron chi connectivity index (χ2n) is 8.55. The summed E-state index contributed by atoms with van der Waals surface area (Å²) >= 11 is 0. The highest BCUT2D eigenvalue weighted by atomic mass is 16.7. The number of amides is 3. The van der Waals surface area contributed by atoms with Crippen LogP contribution in [0.5, 0.6) is 11.5 Å². The number of fused-ring (bicyclic) bond motifs is 1. The Morgan fingerprint density at radius 3 is 2.56 bits per heavy atom. The second kappa shape index (κ2) is 9.48. The van der Waals surface area contributed by atoms with E-state index < -0.39 is 5.79 Å². The van der Waals surface area contributed by atoms with Crippen LogP contribution in [0, 0.1) is 0 Å². The molecule has 8 heteroatoms. The van der Waals surface area contributed by atoms with Gasteiger partial charge < -0.3 is 30.3 Å². The van der Waals surface area contributed by atoms with Crippen LogP contribution in [0.2, 0.25) is 0 Å². The lowest BCUT2D eigenvalue weighted by Crippen LogP contribution is -2.34. The Morgan fingerprint density at radius 2 is 1.78 bits per heavy atom. The Morgan fingerprint density at radius 1 is 1.00 bits per heavy atom. The van der Waals surface area contributed by atoms with E-state index in [0.717, 1.165) is 43.5 Å². The molecule has 0 radical (unpaired) electrons. The zero-order valence-corrected chi connectivity index (χ0v) is 18.6. The van der Waals surface area contributed by atoms with Crippen molar-refractivity contribution in [3.8, 4) is 11.5 Å². The molecule has 1 aliphatic carbocycles. The summed E-state index contributed by atoms with van der Waals surface area (Å²) in [6, 6.07) is 12.3. The van der Waals surface area contributed by atoms with Gasteiger partial charge in [-0.25, -0.2) is 4.79 Å². The van der Waals surface area contributed by atoms with Gasteiger partial charge in [0, 0.05) is 49.8 Å². The van der Waals surface area contributed by atoms with Crippen molar-refractivity contribution in [3.05, 3.63) is 53.6 Å². The number of carbonyl (C=O) groups is 2. The number of hydrogen-bond donors (Lipinski definition) is 3. The van der Waals surface area contributed by atoms with Crippen LogP contribution in [0.1, 0.15) is 41.6 Å². The molecule has 1 aliphatic heterocycles. The number of carbonyl (C=O) groups excluding carboxylic acids is 2. The standard InChI is InChI=1S/C24H30N4O4/c1-28(2)13-12-25-22(29)18-7-5-6-17(14-18)16-26-23(30)27-19-8-9-20-21(15-19)32-24(31-20)10-3-4-11-24/h5-9,14-15H,3-4,10-13,16H2,1-2H3,(H,25,29)(H2,26,27,30). The summed E-state index contributed by atoms with van der Waals surface area (Å²) in [5.74, 6) is 0.738. The van der Waals surface area contributed by atoms with E-state index in [1.165, 1.54) is 0 Å². The number of ether oxygens (including phenoxy) is 2. The average Bonchev–Trinajstić information content (AvgIpc) is 3.37. The van der Waals surface area contributed by atoms with Crippen molar-refractivity contribution in [2.45, 2.75) is 38.0 Å². The van der Waals surface area contributed by atoms with Crippen LogP contribution in [0.4, 0.5) is 10.5 Å². The maximum Gasteiger partial charge on any atom is 0.319 e. The molecule has 1 heterocycles. The van der Waals surface area contributed by atoms with Gasteiger partial charge >= 0.3 is 6.03 Å². The van der Waals surface area contributed by atoms with Gasteiger partial charge in [-0.2, -0.15) is 0 Å². The van der Waals surface area contributed by atoms with E-state index in [0.29, 0.717) is 30.1 Å². The molecule has 8 nitrogen and oxygen atoms in total. The summed E-state index contributed by atoms with van der Waals surface area (Å²) in [7, 11) is 3.92. The fourth-order valence-electron chi connectivity index (χ4n) is 3.96. The fraction of sp³-hybridized carbons (Fsp3) is 0.417. The summed E-state index contributed by atoms with van der Waals surface area (Å²) in [5.41, 5.74) is 2.04. The molecule has 4 rings (SSSR count). The SMILES string of the molecule is CN(C)CCNC(=O)c1cccc(CNC(=O)Nc2ccc3c(c2)OC2(CCCC2)O3)c1. The molecule has 1 spiro atoms. The maximum absolute atomic E-state index is 12.4. The van der Waals surface area contributed by atoms with E-state index in [1.807, 2.05) is 37.2 Å². The van der Waals surface area contributed by atoms with Gasteiger partial charge in [-0.15, -0.1) is 0 Å². The summed E-state index contributed by atoms with van der Waals surface area (Å²) < 4.78 is 12.1. The number of urea groups is 1. The third-order valence-electron chi connectivity index (χ3n) is 5.65. The zero-order valence-electron chi connectivity index (χ0n) is 18.6. The van der Waals surface area contributed by atoms with Gasteiger partial charge in [0.15, 0.2) is 11.5 Å². The topological polar surface area (TPSA) is 91.9 Å². The molecular weight excluding hydrogens is 408 g/mol. The Bertz CT molecular complexity index is 986. The minimum atomic E-state index is -0.521. The van der Waals surface area contributed by atoms with Gasteiger partial charge in [0.1, 0.15) is 0 Å². The number of hydrogen-bond acceptors (Lipinski definition) is 5. The largest absolute Gasteiger partial charge is 0.448 e. The number of anilines is 1. The monoisotopic (exact) mass is 438 g/mol. The molecule has 2 aromatic rings. The van der Waals surface area contributed by atoms with Crippen LogP contribution >= 0.6 is 0 Å². The predicted molar refractivity (Wildman–Crippen MR) is 122 cm³/mol. The van der Waals surface area contributed by atoms with Crippen LogP contribution in [-0.4, -0.2) is 49.8 Å². The molecule has 1 fully saturated rings. The second-order valence-corrected chi connectivity index (χ2v) is 8.55. The third-order valence-corrected chi connectivity index (χ3v) is 5.65. The minimum absolute atomic E-state index is 0.126. The molecular formula is C24H30N4O4. The number of nitrogens with one attached hydrogen (secondary N) is 3. The molecule has 3 N–H and O–H groups in total. The van der Waals surface area contributed by atoms with E-state index in [2.05, 4.69) is 16.0 Å². The molecule has 0 aromatic heterocycles. The molecule has 32 heavy (non-hydrogen) atoms. The van der Waals surface area contributed by atoms with Crippen molar-refractivity contribution >= 4 is 17.6 Å². The van der Waals surface area contributed by atoms with E-state index >= 15 is 0 Å². The molecule has 3 amide bonds. The van der Waals surface area contributed by atoms with E-state index in [4.69, 9.17) is 9.47 Å². The van der Waals surface area contributed by atoms with E-state index in [9.17, 15) is 9.59 Å².